The third-order valence-electron chi connectivity index (χ3n) is 18.1. The van der Waals surface area contributed by atoms with Crippen molar-refractivity contribution in [3.8, 4) is 0 Å². The minimum atomic E-state index is -0.308. The Kier molecular flexibility index (Phi) is 15.3. The topological polar surface area (TPSA) is 162 Å². The van der Waals surface area contributed by atoms with Crippen LogP contribution in [0.4, 0.5) is 34.1 Å². The van der Waals surface area contributed by atoms with Gasteiger partial charge in [-0.15, -0.1) is 0 Å². The van der Waals surface area contributed by atoms with E-state index >= 15 is 9.59 Å². The molecule has 13 rings (SSSR count). The number of nitrogens with two attached hydrogens (primary N) is 1. The summed E-state index contributed by atoms with van der Waals surface area (Å²) in [6, 6.07) is 39.8. The monoisotopic (exact) mass is 1110 g/mol. The van der Waals surface area contributed by atoms with Crippen molar-refractivity contribution in [3.05, 3.63) is 163 Å². The third kappa shape index (κ3) is 9.86. The number of aromatic nitrogens is 4. The van der Waals surface area contributed by atoms with Gasteiger partial charge >= 0.3 is 0 Å². The maximum atomic E-state index is 15.7. The van der Waals surface area contributed by atoms with Gasteiger partial charge < -0.3 is 16.4 Å². The van der Waals surface area contributed by atoms with Crippen LogP contribution in [0, 0.1) is 10.1 Å². The highest BCUT2D eigenvalue weighted by molar-refractivity contribution is 6.44. The third-order valence-corrected chi connectivity index (χ3v) is 18.1. The number of imidazole rings is 2. The molecule has 4 N–H and O–H groups in total. The predicted octanol–water partition coefficient (Wildman–Crippen LogP) is 19.1. The zero-order chi connectivity index (χ0) is 57.4. The first-order chi connectivity index (χ1) is 41.2. The normalized spacial score (nSPS) is 12.3. The molecule has 4 aromatic heterocycles. The molecule has 426 valence electrons. The number of anilines is 5. The number of hydrogen-bond donors (Lipinski definition) is 3. The lowest BCUT2D eigenvalue weighted by Gasteiger charge is -2.23. The lowest BCUT2D eigenvalue weighted by molar-refractivity contribution is -0.385. The molecule has 84 heavy (non-hydrogen) atoms. The molecule has 0 radical (unpaired) electrons. The first kappa shape index (κ1) is 54.6. The van der Waals surface area contributed by atoms with Crippen LogP contribution in [0.15, 0.2) is 131 Å². The van der Waals surface area contributed by atoms with Crippen molar-refractivity contribution in [2.75, 3.05) is 16.4 Å². The smallest absolute Gasteiger partial charge is 0.274 e. The number of pyridine rings is 2. The number of rotatable bonds is 27. The van der Waals surface area contributed by atoms with Crippen LogP contribution in [0.2, 0.25) is 0 Å². The van der Waals surface area contributed by atoms with E-state index in [0.717, 1.165) is 126 Å². The molecule has 12 nitrogen and oxygen atoms in total. The summed E-state index contributed by atoms with van der Waals surface area (Å²) >= 11 is 0. The molecule has 0 unspecified atom stereocenters. The van der Waals surface area contributed by atoms with E-state index in [4.69, 9.17) is 15.7 Å². The van der Waals surface area contributed by atoms with Crippen LogP contribution in [0.3, 0.4) is 0 Å². The van der Waals surface area contributed by atoms with Gasteiger partial charge in [-0.05, 0) is 109 Å². The molecule has 0 aliphatic heterocycles. The Morgan fingerprint density at radius 2 is 0.833 bits per heavy atom. The standard InChI is InChI=1S/C72H74N8O4/c1-3-5-7-9-11-13-15-17-19-23-29-45-39-61-56(43-55(45)73)76-69-51-37-35-49-66-59(75-48-33-27-22-28-34-48)42-54-64-52(38-36-50(68(64)66)65-58(74-47-31-25-21-26-32-47)41-53(63(51)67(49)65)71(81)78(61)69)70-77-57-44-60(80(83)84)46(40-62(57)79(70)72(54)82)30-24-20-18-16-14-12-10-8-6-4-2/h21-22,25-28,31-44,74-75H,3-20,23-24,29-30,73H2,1-2H3. The summed E-state index contributed by atoms with van der Waals surface area (Å²) in [7, 11) is 0. The van der Waals surface area contributed by atoms with E-state index in [9.17, 15) is 10.1 Å². The van der Waals surface area contributed by atoms with Crippen LogP contribution >= 0.6 is 0 Å². The van der Waals surface area contributed by atoms with Gasteiger partial charge in [-0.2, -0.15) is 0 Å². The minimum Gasteiger partial charge on any atom is -0.398 e. The van der Waals surface area contributed by atoms with Crippen LogP contribution < -0.4 is 27.5 Å². The Hall–Kier alpha value is -8.64. The second-order valence-electron chi connectivity index (χ2n) is 23.8. The lowest BCUT2D eigenvalue weighted by atomic mass is 9.84. The van der Waals surface area contributed by atoms with Crippen molar-refractivity contribution in [1.29, 1.82) is 0 Å². The maximum Gasteiger partial charge on any atom is 0.274 e. The zero-order valence-corrected chi connectivity index (χ0v) is 48.5. The van der Waals surface area contributed by atoms with Gasteiger partial charge in [-0.25, -0.2) is 9.97 Å². The van der Waals surface area contributed by atoms with Gasteiger partial charge in [0.1, 0.15) is 11.3 Å². The first-order valence-corrected chi connectivity index (χ1v) is 31.2. The second-order valence-corrected chi connectivity index (χ2v) is 23.8. The fraction of sp³-hybridized carbons (Fsp3) is 0.333. The maximum absolute atomic E-state index is 15.7. The lowest BCUT2D eigenvalue weighted by Crippen LogP contribution is -2.15. The largest absolute Gasteiger partial charge is 0.398 e. The van der Waals surface area contributed by atoms with Gasteiger partial charge in [0.15, 0.2) is 0 Å². The zero-order valence-electron chi connectivity index (χ0n) is 48.5. The summed E-state index contributed by atoms with van der Waals surface area (Å²) in [5.41, 5.74) is 15.4. The number of nitro benzene ring substituents is 1. The number of unbranched alkanes of at least 4 members (excludes halogenated alkanes) is 18. The van der Waals surface area contributed by atoms with Crippen LogP contribution in [-0.2, 0) is 12.8 Å². The van der Waals surface area contributed by atoms with Gasteiger partial charge in [0, 0.05) is 83.2 Å². The van der Waals surface area contributed by atoms with Gasteiger partial charge in [-0.3, -0.25) is 28.5 Å². The number of nitrogens with zero attached hydrogens (tertiary/aromatic N) is 5. The Morgan fingerprint density at radius 1 is 0.440 bits per heavy atom. The average Bonchev–Trinajstić information content (AvgIpc) is 1.07. The second kappa shape index (κ2) is 23.5. The number of aryl methyl sites for hydroxylation is 2. The van der Waals surface area contributed by atoms with Gasteiger partial charge in [0.2, 0.25) is 0 Å². The van der Waals surface area contributed by atoms with Crippen molar-refractivity contribution >= 4 is 132 Å². The molecule has 0 spiro atoms. The van der Waals surface area contributed by atoms with E-state index in [0.29, 0.717) is 56.3 Å². The molecule has 9 aromatic carbocycles. The van der Waals surface area contributed by atoms with E-state index in [1.54, 1.807) is 14.9 Å². The number of nitro groups is 1. The fourth-order valence-corrected chi connectivity index (χ4v) is 13.9. The Morgan fingerprint density at radius 3 is 1.27 bits per heavy atom. The number of nitrogens with one attached hydrogen (secondary N) is 2. The molecule has 0 saturated carbocycles. The van der Waals surface area contributed by atoms with Crippen molar-refractivity contribution in [3.63, 3.8) is 0 Å². The van der Waals surface area contributed by atoms with Crippen LogP contribution in [-0.4, -0.2) is 23.7 Å². The number of para-hydroxylation sites is 2. The molecule has 0 saturated heterocycles. The average molecular weight is 1120 g/mol. The van der Waals surface area contributed by atoms with E-state index in [-0.39, 0.29) is 21.7 Å². The summed E-state index contributed by atoms with van der Waals surface area (Å²) in [4.78, 5) is 54.1. The van der Waals surface area contributed by atoms with Crippen LogP contribution in [0.1, 0.15) is 153 Å². The Labute approximate surface area is 488 Å². The summed E-state index contributed by atoms with van der Waals surface area (Å²) in [5.74, 6) is 0. The predicted molar refractivity (Wildman–Crippen MR) is 352 cm³/mol. The quantitative estimate of drug-likeness (QED) is 0.0114. The highest BCUT2D eigenvalue weighted by Gasteiger charge is 2.29. The molecule has 0 atom stereocenters. The molecule has 0 aliphatic carbocycles. The molecule has 0 fully saturated rings. The number of benzene rings is 9. The molecule has 4 heterocycles. The number of nitrogen functional groups attached to an aromatic ring is 1. The summed E-state index contributed by atoms with van der Waals surface area (Å²) in [6.45, 7) is 4.50. The molecule has 0 amide bonds. The van der Waals surface area contributed by atoms with Gasteiger partial charge in [0.05, 0.1) is 37.8 Å². The number of fused-ring (bicyclic) bond motifs is 10. The Bertz CT molecular complexity index is 4690. The van der Waals surface area contributed by atoms with Gasteiger partial charge in [-0.1, -0.05) is 178 Å². The number of hydrogen-bond acceptors (Lipinski definition) is 9. The minimum absolute atomic E-state index is 0.0305. The van der Waals surface area contributed by atoms with E-state index < -0.39 is 0 Å². The summed E-state index contributed by atoms with van der Waals surface area (Å²) in [5, 5.41) is 29.9. The van der Waals surface area contributed by atoms with E-state index in [2.05, 4.69) is 48.7 Å². The van der Waals surface area contributed by atoms with Crippen molar-refractivity contribution < 1.29 is 4.92 Å². The van der Waals surface area contributed by atoms with Gasteiger partial charge in [0.25, 0.3) is 16.8 Å². The molecular weight excluding hydrogens is 1040 g/mol. The van der Waals surface area contributed by atoms with E-state index in [1.165, 1.54) is 96.3 Å². The molecule has 13 aromatic rings. The Balaban J connectivity index is 0.981. The molecule has 12 heteroatoms. The molecule has 0 aliphatic rings. The van der Waals surface area contributed by atoms with Crippen molar-refractivity contribution in [1.82, 2.24) is 18.8 Å². The fourth-order valence-electron chi connectivity index (χ4n) is 13.9. The van der Waals surface area contributed by atoms with E-state index in [1.807, 2.05) is 91.0 Å². The van der Waals surface area contributed by atoms with Crippen LogP contribution in [0.5, 0.6) is 0 Å². The molecule has 0 bridgehead atoms. The molecular formula is C72H74N8O4. The highest BCUT2D eigenvalue weighted by Crippen LogP contribution is 2.51. The first-order valence-electron chi connectivity index (χ1n) is 31.2. The highest BCUT2D eigenvalue weighted by atomic mass is 16.6. The van der Waals surface area contributed by atoms with Crippen LogP contribution in [0.25, 0.3) is 98.0 Å². The van der Waals surface area contributed by atoms with Crippen molar-refractivity contribution in [2.45, 2.75) is 155 Å². The SMILES string of the molecule is CCCCCCCCCCCCc1cc2c(cc1N)nc1c3ccc4c5c(Nc6ccccc6)cc6c(=O)n7c8cc(CCCCCCCCCCCC)c([N+](=O)[O-])cc8nc7c7ccc(c8c(Nc9ccccc9)cc(c(=O)n21)c3c48)c5c67. The van der Waals surface area contributed by atoms with Crippen molar-refractivity contribution in [2.24, 2.45) is 0 Å². The summed E-state index contributed by atoms with van der Waals surface area (Å²) in [6.07, 6.45) is 25.5. The summed E-state index contributed by atoms with van der Waals surface area (Å²) < 4.78 is 3.46.